The van der Waals surface area contributed by atoms with Crippen molar-refractivity contribution in [3.63, 3.8) is 0 Å². The summed E-state index contributed by atoms with van der Waals surface area (Å²) in [5.41, 5.74) is 2.50. The third kappa shape index (κ3) is 5.89. The van der Waals surface area contributed by atoms with Crippen molar-refractivity contribution in [1.29, 1.82) is 0 Å². The number of sulfonamides is 1. The first-order chi connectivity index (χ1) is 15.8. The van der Waals surface area contributed by atoms with Crippen molar-refractivity contribution in [2.45, 2.75) is 25.7 Å². The van der Waals surface area contributed by atoms with Crippen molar-refractivity contribution in [2.24, 2.45) is 0 Å². The first-order valence-corrected chi connectivity index (χ1v) is 12.6. The van der Waals surface area contributed by atoms with Gasteiger partial charge in [-0.1, -0.05) is 26.0 Å². The standard InChI is InChI=1S/C25H31N3O4S/c1-4-28(5-2)33(31,32)24-13-6-21(7-14-24)8-15-25(30)27-18-16-26(17-19-27)23-11-9-22(10-12-23)20(3)29/h6-15H,4-5,16-19H2,1-3H3/b15-8+. The Labute approximate surface area is 196 Å². The Morgan fingerprint density at radius 1 is 0.909 bits per heavy atom. The topological polar surface area (TPSA) is 78.0 Å². The third-order valence-electron chi connectivity index (χ3n) is 5.87. The minimum absolute atomic E-state index is 0.0453. The Kier molecular flexibility index (Phi) is 8.05. The van der Waals surface area contributed by atoms with E-state index in [0.29, 0.717) is 31.7 Å². The smallest absolute Gasteiger partial charge is 0.246 e. The van der Waals surface area contributed by atoms with Gasteiger partial charge >= 0.3 is 0 Å². The van der Waals surface area contributed by atoms with E-state index in [1.54, 1.807) is 42.2 Å². The second-order valence-corrected chi connectivity index (χ2v) is 9.85. The molecule has 33 heavy (non-hydrogen) atoms. The molecular weight excluding hydrogens is 438 g/mol. The highest BCUT2D eigenvalue weighted by Crippen LogP contribution is 2.19. The zero-order valence-electron chi connectivity index (χ0n) is 19.4. The quantitative estimate of drug-likeness (QED) is 0.438. The fourth-order valence-electron chi connectivity index (χ4n) is 3.83. The van der Waals surface area contributed by atoms with Crippen molar-refractivity contribution in [3.05, 3.63) is 65.7 Å². The number of rotatable bonds is 8. The molecule has 1 saturated heterocycles. The van der Waals surface area contributed by atoms with E-state index in [1.165, 1.54) is 10.4 Å². The molecule has 1 amide bonds. The molecule has 176 valence electrons. The number of Topliss-reactive ketones (excluding diaryl/α,β-unsaturated/α-hetero) is 1. The van der Waals surface area contributed by atoms with Crippen LogP contribution in [0.2, 0.25) is 0 Å². The molecule has 0 aliphatic carbocycles. The Bertz CT molecular complexity index is 1100. The van der Waals surface area contributed by atoms with E-state index in [0.717, 1.165) is 24.3 Å². The number of nitrogens with zero attached hydrogens (tertiary/aromatic N) is 3. The second-order valence-electron chi connectivity index (χ2n) is 7.91. The molecule has 8 heteroatoms. The van der Waals surface area contributed by atoms with Crippen molar-refractivity contribution in [3.8, 4) is 0 Å². The third-order valence-corrected chi connectivity index (χ3v) is 7.94. The van der Waals surface area contributed by atoms with E-state index < -0.39 is 10.0 Å². The lowest BCUT2D eigenvalue weighted by Crippen LogP contribution is -2.48. The summed E-state index contributed by atoms with van der Waals surface area (Å²) in [5, 5.41) is 0. The lowest BCUT2D eigenvalue weighted by molar-refractivity contribution is -0.126. The lowest BCUT2D eigenvalue weighted by Gasteiger charge is -2.35. The van der Waals surface area contributed by atoms with Crippen LogP contribution in [0.25, 0.3) is 6.08 Å². The van der Waals surface area contributed by atoms with Crippen molar-refractivity contribution >= 4 is 33.5 Å². The van der Waals surface area contributed by atoms with Crippen LogP contribution in [0.1, 0.15) is 36.7 Å². The Morgan fingerprint density at radius 2 is 1.48 bits per heavy atom. The average Bonchev–Trinajstić information content (AvgIpc) is 2.83. The van der Waals surface area contributed by atoms with Gasteiger partial charge < -0.3 is 9.80 Å². The van der Waals surface area contributed by atoms with Crippen LogP contribution in [0.3, 0.4) is 0 Å². The zero-order valence-corrected chi connectivity index (χ0v) is 20.2. The summed E-state index contributed by atoms with van der Waals surface area (Å²) in [6, 6.07) is 14.1. The van der Waals surface area contributed by atoms with E-state index in [1.807, 2.05) is 38.1 Å². The molecule has 1 aliphatic heterocycles. The average molecular weight is 470 g/mol. The molecule has 0 saturated carbocycles. The number of hydrogen-bond acceptors (Lipinski definition) is 5. The first-order valence-electron chi connectivity index (χ1n) is 11.2. The van der Waals surface area contributed by atoms with Crippen LogP contribution < -0.4 is 4.90 Å². The molecular formula is C25H31N3O4S. The molecule has 0 bridgehead atoms. The number of anilines is 1. The Hall–Kier alpha value is -2.97. The van der Waals surface area contributed by atoms with E-state index in [2.05, 4.69) is 4.90 Å². The number of hydrogen-bond donors (Lipinski definition) is 0. The molecule has 3 rings (SSSR count). The number of benzene rings is 2. The predicted octanol–water partition coefficient (Wildman–Crippen LogP) is 3.28. The maximum atomic E-state index is 12.6. The van der Waals surface area contributed by atoms with Gasteiger partial charge in [0, 0.05) is 56.6 Å². The van der Waals surface area contributed by atoms with Gasteiger partial charge in [0.2, 0.25) is 15.9 Å². The van der Waals surface area contributed by atoms with E-state index in [9.17, 15) is 18.0 Å². The van der Waals surface area contributed by atoms with Gasteiger partial charge in [-0.05, 0) is 55.0 Å². The zero-order chi connectivity index (χ0) is 24.0. The van der Waals surface area contributed by atoms with Crippen LogP contribution in [0, 0.1) is 0 Å². The van der Waals surface area contributed by atoms with Crippen LogP contribution in [0.5, 0.6) is 0 Å². The highest BCUT2D eigenvalue weighted by Gasteiger charge is 2.22. The number of carbonyl (C=O) groups excluding carboxylic acids is 2. The number of amides is 1. The molecule has 0 N–H and O–H groups in total. The molecule has 2 aromatic rings. The van der Waals surface area contributed by atoms with Gasteiger partial charge in [-0.25, -0.2) is 8.42 Å². The normalized spacial score (nSPS) is 14.8. The minimum atomic E-state index is -3.49. The summed E-state index contributed by atoms with van der Waals surface area (Å²) in [6.07, 6.45) is 3.24. The predicted molar refractivity (Wildman–Crippen MR) is 131 cm³/mol. The molecule has 1 aliphatic rings. The highest BCUT2D eigenvalue weighted by atomic mass is 32.2. The maximum Gasteiger partial charge on any atom is 0.246 e. The fraction of sp³-hybridized carbons (Fsp3) is 0.360. The van der Waals surface area contributed by atoms with E-state index in [4.69, 9.17) is 0 Å². The maximum absolute atomic E-state index is 12.6. The van der Waals surface area contributed by atoms with Gasteiger partial charge in [0.05, 0.1) is 4.90 Å². The van der Waals surface area contributed by atoms with Gasteiger partial charge in [0.1, 0.15) is 0 Å². The fourth-order valence-corrected chi connectivity index (χ4v) is 5.29. The van der Waals surface area contributed by atoms with E-state index >= 15 is 0 Å². The summed E-state index contributed by atoms with van der Waals surface area (Å²) >= 11 is 0. The molecule has 1 heterocycles. The van der Waals surface area contributed by atoms with Crippen molar-refractivity contribution in [1.82, 2.24) is 9.21 Å². The molecule has 0 radical (unpaired) electrons. The van der Waals surface area contributed by atoms with Gasteiger partial charge in [0.25, 0.3) is 0 Å². The van der Waals surface area contributed by atoms with E-state index in [-0.39, 0.29) is 16.6 Å². The molecule has 7 nitrogen and oxygen atoms in total. The largest absolute Gasteiger partial charge is 0.368 e. The number of piperazine rings is 1. The van der Waals surface area contributed by atoms with Crippen LogP contribution in [-0.4, -0.2) is 68.6 Å². The molecule has 0 aromatic heterocycles. The molecule has 0 spiro atoms. The van der Waals surface area contributed by atoms with Crippen LogP contribution in [0.15, 0.2) is 59.5 Å². The van der Waals surface area contributed by atoms with Gasteiger partial charge in [-0.3, -0.25) is 9.59 Å². The van der Waals surface area contributed by atoms with Crippen LogP contribution >= 0.6 is 0 Å². The molecule has 0 unspecified atom stereocenters. The molecule has 2 aromatic carbocycles. The lowest BCUT2D eigenvalue weighted by atomic mass is 10.1. The van der Waals surface area contributed by atoms with Crippen LogP contribution in [-0.2, 0) is 14.8 Å². The first kappa shape index (κ1) is 24.7. The SMILES string of the molecule is CCN(CC)S(=O)(=O)c1ccc(/C=C/C(=O)N2CCN(c3ccc(C(C)=O)cc3)CC2)cc1. The summed E-state index contributed by atoms with van der Waals surface area (Å²) in [4.78, 5) is 28.3. The Balaban J connectivity index is 1.56. The highest BCUT2D eigenvalue weighted by molar-refractivity contribution is 7.89. The summed E-state index contributed by atoms with van der Waals surface area (Å²) in [5.74, 6) is -0.0228. The molecule has 0 atom stereocenters. The molecule has 1 fully saturated rings. The van der Waals surface area contributed by atoms with Gasteiger partial charge in [0.15, 0.2) is 5.78 Å². The number of ketones is 1. The minimum Gasteiger partial charge on any atom is -0.368 e. The Morgan fingerprint density at radius 3 is 2.00 bits per heavy atom. The monoisotopic (exact) mass is 469 g/mol. The van der Waals surface area contributed by atoms with Crippen molar-refractivity contribution in [2.75, 3.05) is 44.2 Å². The van der Waals surface area contributed by atoms with Crippen molar-refractivity contribution < 1.29 is 18.0 Å². The number of carbonyl (C=O) groups is 2. The van der Waals surface area contributed by atoms with Gasteiger partial charge in [-0.15, -0.1) is 0 Å². The second kappa shape index (κ2) is 10.8. The van der Waals surface area contributed by atoms with Gasteiger partial charge in [-0.2, -0.15) is 4.31 Å². The summed E-state index contributed by atoms with van der Waals surface area (Å²) in [6.45, 7) is 8.68. The summed E-state index contributed by atoms with van der Waals surface area (Å²) in [7, 11) is -3.49. The van der Waals surface area contributed by atoms with Crippen LogP contribution in [0.4, 0.5) is 5.69 Å². The summed E-state index contributed by atoms with van der Waals surface area (Å²) < 4.78 is 26.6.